The van der Waals surface area contributed by atoms with E-state index in [0.29, 0.717) is 34.4 Å². The molecule has 14 heteroatoms. The summed E-state index contributed by atoms with van der Waals surface area (Å²) in [6.07, 6.45) is -1.74. The van der Waals surface area contributed by atoms with Gasteiger partial charge in [0.2, 0.25) is 0 Å². The van der Waals surface area contributed by atoms with Gasteiger partial charge in [-0.05, 0) is 63.8 Å². The zero-order chi connectivity index (χ0) is 30.1. The van der Waals surface area contributed by atoms with Gasteiger partial charge in [0.25, 0.3) is 5.91 Å². The predicted molar refractivity (Wildman–Crippen MR) is 152 cm³/mol. The molecule has 0 radical (unpaired) electrons. The highest BCUT2D eigenvalue weighted by atomic mass is 35.5. The van der Waals surface area contributed by atoms with E-state index >= 15 is 0 Å². The summed E-state index contributed by atoms with van der Waals surface area (Å²) in [5.74, 6) is -0.169. The Morgan fingerprint density at radius 3 is 2.39 bits per heavy atom. The van der Waals surface area contributed by atoms with Crippen molar-refractivity contribution in [1.29, 1.82) is 0 Å². The molecule has 0 aliphatic heterocycles. The van der Waals surface area contributed by atoms with Crippen LogP contribution >= 0.6 is 11.6 Å². The summed E-state index contributed by atoms with van der Waals surface area (Å²) < 4.78 is 40.6. The molecule has 41 heavy (non-hydrogen) atoms. The summed E-state index contributed by atoms with van der Waals surface area (Å²) in [5.41, 5.74) is 6.64. The minimum Gasteiger partial charge on any atom is -0.382 e. The summed E-state index contributed by atoms with van der Waals surface area (Å²) in [5, 5.41) is 12.1. The average Bonchev–Trinajstić information content (AvgIpc) is 3.25. The Bertz CT molecular complexity index is 1600. The smallest absolute Gasteiger partial charge is 0.382 e. The van der Waals surface area contributed by atoms with Gasteiger partial charge in [0, 0.05) is 29.5 Å². The van der Waals surface area contributed by atoms with Crippen LogP contribution in [-0.4, -0.2) is 57.6 Å². The number of aromatic nitrogens is 3. The Morgan fingerprint density at radius 2 is 1.76 bits per heavy atom. The Morgan fingerprint density at radius 1 is 1.07 bits per heavy atom. The number of benzene rings is 2. The van der Waals surface area contributed by atoms with Crippen molar-refractivity contribution in [2.24, 2.45) is 0 Å². The second-order valence-electron chi connectivity index (χ2n) is 10.3. The summed E-state index contributed by atoms with van der Waals surface area (Å²) in [7, 11) is 3.82. The number of carbonyl (C=O) groups is 2. The van der Waals surface area contributed by atoms with Crippen LogP contribution < -0.4 is 21.7 Å². The first kappa shape index (κ1) is 29.6. The van der Waals surface area contributed by atoms with Gasteiger partial charge in [-0.3, -0.25) is 4.79 Å². The van der Waals surface area contributed by atoms with Crippen LogP contribution in [0.2, 0.25) is 5.02 Å². The van der Waals surface area contributed by atoms with Crippen LogP contribution in [0.1, 0.15) is 29.8 Å². The van der Waals surface area contributed by atoms with E-state index in [1.54, 1.807) is 30.5 Å². The molecule has 0 bridgehead atoms. The van der Waals surface area contributed by atoms with Gasteiger partial charge in [-0.2, -0.15) is 18.3 Å². The van der Waals surface area contributed by atoms with Gasteiger partial charge in [-0.1, -0.05) is 23.7 Å². The van der Waals surface area contributed by atoms with Gasteiger partial charge in [-0.15, -0.1) is 0 Å². The van der Waals surface area contributed by atoms with Crippen LogP contribution in [0.5, 0.6) is 0 Å². The van der Waals surface area contributed by atoms with Crippen LogP contribution in [0.15, 0.2) is 55.0 Å². The van der Waals surface area contributed by atoms with Crippen molar-refractivity contribution in [2.45, 2.75) is 25.6 Å². The van der Waals surface area contributed by atoms with Gasteiger partial charge >= 0.3 is 12.2 Å². The zero-order valence-electron chi connectivity index (χ0n) is 22.6. The Labute approximate surface area is 238 Å². The van der Waals surface area contributed by atoms with E-state index in [2.05, 4.69) is 26.0 Å². The number of nitrogens with zero attached hydrogens (tertiary/aromatic N) is 4. The average molecular weight is 589 g/mol. The predicted octanol–water partition coefficient (Wildman–Crippen LogP) is 5.36. The first-order valence-corrected chi connectivity index (χ1v) is 12.7. The lowest BCUT2D eigenvalue weighted by Gasteiger charge is -2.29. The topological polar surface area (TPSA) is 130 Å². The first-order chi connectivity index (χ1) is 19.1. The van der Waals surface area contributed by atoms with Gasteiger partial charge < -0.3 is 26.6 Å². The van der Waals surface area contributed by atoms with Crippen molar-refractivity contribution in [3.63, 3.8) is 0 Å². The molecule has 0 fully saturated rings. The molecule has 2 heterocycles. The molecule has 0 atom stereocenters. The van der Waals surface area contributed by atoms with Crippen LogP contribution in [0, 0.1) is 0 Å². The number of nitrogen functional groups attached to an aromatic ring is 1. The molecule has 0 aliphatic rings. The molecule has 0 unspecified atom stereocenters. The van der Waals surface area contributed by atoms with E-state index in [-0.39, 0.29) is 22.4 Å². The fourth-order valence-electron chi connectivity index (χ4n) is 4.51. The Hall–Kier alpha value is -4.36. The third kappa shape index (κ3) is 6.87. The largest absolute Gasteiger partial charge is 0.416 e. The Kier molecular flexibility index (Phi) is 8.13. The number of halogens is 4. The van der Waals surface area contributed by atoms with E-state index in [4.69, 9.17) is 17.3 Å². The van der Waals surface area contributed by atoms with E-state index in [1.165, 1.54) is 10.8 Å². The number of urea groups is 1. The molecule has 0 saturated heterocycles. The highest BCUT2D eigenvalue weighted by Gasteiger charge is 2.31. The molecule has 2 aromatic carbocycles. The number of carbonyl (C=O) groups excluding carboxylic acids is 2. The van der Waals surface area contributed by atoms with Crippen molar-refractivity contribution in [2.75, 3.05) is 37.0 Å². The van der Waals surface area contributed by atoms with E-state index in [1.807, 2.05) is 32.8 Å². The van der Waals surface area contributed by atoms with Gasteiger partial charge in [0.15, 0.2) is 5.82 Å². The number of anilines is 3. The summed E-state index contributed by atoms with van der Waals surface area (Å²) >= 11 is 5.97. The molecule has 216 valence electrons. The zero-order valence-corrected chi connectivity index (χ0v) is 23.4. The first-order valence-electron chi connectivity index (χ1n) is 12.3. The number of fused-ring (bicyclic) bond motifs is 1. The Balaban J connectivity index is 1.60. The molecule has 10 nitrogen and oxygen atoms in total. The molecule has 5 N–H and O–H groups in total. The van der Waals surface area contributed by atoms with Crippen LogP contribution in [0.4, 0.5) is 35.2 Å². The van der Waals surface area contributed by atoms with Crippen LogP contribution in [0.3, 0.4) is 0 Å². The number of alkyl halides is 3. The fourth-order valence-corrected chi connectivity index (χ4v) is 4.67. The lowest BCUT2D eigenvalue weighted by Crippen LogP contribution is -2.50. The quantitative estimate of drug-likeness (QED) is 0.230. The third-order valence-electron chi connectivity index (χ3n) is 5.98. The number of nitrogens with one attached hydrogen (secondary N) is 3. The number of amides is 3. The van der Waals surface area contributed by atoms with Crippen LogP contribution in [0.25, 0.3) is 16.6 Å². The second kappa shape index (κ2) is 11.3. The second-order valence-corrected chi connectivity index (χ2v) is 10.7. The van der Waals surface area contributed by atoms with Crippen LogP contribution in [-0.2, 0) is 6.18 Å². The van der Waals surface area contributed by atoms with E-state index in [9.17, 15) is 22.8 Å². The summed E-state index contributed by atoms with van der Waals surface area (Å²) in [6.45, 7) is 4.41. The number of likely N-dealkylation sites (N-methyl/N-ethyl adjacent to an activating group) is 1. The number of rotatable bonds is 7. The summed E-state index contributed by atoms with van der Waals surface area (Å²) in [4.78, 5) is 32.0. The van der Waals surface area contributed by atoms with Gasteiger partial charge in [-0.25, -0.2) is 14.3 Å². The minimum absolute atomic E-state index is 0.0524. The van der Waals surface area contributed by atoms with Crippen molar-refractivity contribution in [1.82, 2.24) is 24.8 Å². The molecule has 0 saturated carbocycles. The normalized spacial score (nSPS) is 12.0. The molecular weight excluding hydrogens is 561 g/mol. The molecule has 0 spiro atoms. The van der Waals surface area contributed by atoms with Crippen molar-refractivity contribution in [3.05, 3.63) is 71.1 Å². The SMILES string of the molecule is CN(C)CC(C)(C)NC(=O)c1cn2ncnc(N)c2c1-c1ccc(NC(=O)Nc2cc(C(F)(F)F)ccc2Cl)cc1. The maximum Gasteiger partial charge on any atom is 0.416 e. The monoisotopic (exact) mass is 588 g/mol. The lowest BCUT2D eigenvalue weighted by molar-refractivity contribution is -0.137. The van der Waals surface area contributed by atoms with Gasteiger partial charge in [0.05, 0.1) is 21.8 Å². The maximum atomic E-state index is 13.4. The molecular formula is C27H28ClF3N8O2. The van der Waals surface area contributed by atoms with Crippen molar-refractivity contribution >= 4 is 46.2 Å². The fraction of sp³-hybridized carbons (Fsp3) is 0.259. The highest BCUT2D eigenvalue weighted by molar-refractivity contribution is 6.33. The number of hydrogen-bond acceptors (Lipinski definition) is 6. The summed E-state index contributed by atoms with van der Waals surface area (Å²) in [6, 6.07) is 8.31. The van der Waals surface area contributed by atoms with E-state index < -0.39 is 23.3 Å². The highest BCUT2D eigenvalue weighted by Crippen LogP contribution is 2.35. The standard InChI is InChI=1S/C27H28ClF3N8O2/c1-26(2,13-38(3)4)37-24(40)18-12-39-22(23(32)33-14-34-39)21(18)15-5-8-17(9-6-15)35-25(41)36-20-11-16(27(29,30)31)7-10-19(20)28/h5-12,14H,13H2,1-4H3,(H,37,40)(H2,32,33,34)(H2,35,36,41). The third-order valence-corrected chi connectivity index (χ3v) is 6.31. The van der Waals surface area contributed by atoms with Crippen molar-refractivity contribution in [3.8, 4) is 11.1 Å². The molecule has 3 amide bonds. The molecule has 4 aromatic rings. The molecule has 0 aliphatic carbocycles. The number of hydrogen-bond donors (Lipinski definition) is 4. The minimum atomic E-state index is -4.59. The molecule has 4 rings (SSSR count). The van der Waals surface area contributed by atoms with Crippen molar-refractivity contribution < 1.29 is 22.8 Å². The molecule has 2 aromatic heterocycles. The van der Waals surface area contributed by atoms with E-state index in [0.717, 1.165) is 18.2 Å². The number of nitrogens with two attached hydrogens (primary N) is 1. The van der Waals surface area contributed by atoms with Gasteiger partial charge in [0.1, 0.15) is 11.8 Å². The lowest BCUT2D eigenvalue weighted by atomic mass is 9.99. The maximum absolute atomic E-state index is 13.4.